The van der Waals surface area contributed by atoms with Crippen molar-refractivity contribution in [3.8, 4) is 0 Å². The largest absolute Gasteiger partial charge is 0.434 e. The Labute approximate surface area is 196 Å². The first-order chi connectivity index (χ1) is 16.2. The number of halogens is 4. The minimum Gasteiger partial charge on any atom is -0.354 e. The van der Waals surface area contributed by atoms with E-state index in [2.05, 4.69) is 25.4 Å². The molecule has 0 atom stereocenters. The average molecular weight is 491 g/mol. The van der Waals surface area contributed by atoms with Gasteiger partial charge in [0, 0.05) is 43.6 Å². The zero-order chi connectivity index (χ0) is 24.3. The molecule has 2 N–H and O–H groups in total. The molecule has 0 bridgehead atoms. The topological polar surface area (TPSA) is 96.0 Å². The molecule has 0 fully saturated rings. The van der Waals surface area contributed by atoms with Gasteiger partial charge in [0.2, 0.25) is 0 Å². The maximum Gasteiger partial charge on any atom is 0.434 e. The number of carbonyl (C=O) groups is 1. The van der Waals surface area contributed by atoms with Crippen LogP contribution in [0.15, 0.2) is 55.1 Å². The SMILES string of the molecule is CNOC(=O)N(Cc1ccc(C(F)(F)F)nc1)c1ccc(Cc2c[nH]c3ncc(Cl)cc23)cn1. The maximum absolute atomic E-state index is 12.8. The number of anilines is 1. The molecule has 0 unspecified atom stereocenters. The monoisotopic (exact) mass is 490 g/mol. The van der Waals surface area contributed by atoms with Gasteiger partial charge in [-0.15, -0.1) is 0 Å². The van der Waals surface area contributed by atoms with Gasteiger partial charge in [-0.25, -0.2) is 14.8 Å². The number of aromatic amines is 1. The van der Waals surface area contributed by atoms with Gasteiger partial charge in [0.1, 0.15) is 17.2 Å². The van der Waals surface area contributed by atoms with Crippen LogP contribution in [0.25, 0.3) is 11.0 Å². The number of pyridine rings is 3. The summed E-state index contributed by atoms with van der Waals surface area (Å²) in [6, 6.07) is 7.36. The molecule has 0 aliphatic heterocycles. The number of hydrogen-bond acceptors (Lipinski definition) is 6. The number of nitrogens with one attached hydrogen (secondary N) is 2. The summed E-state index contributed by atoms with van der Waals surface area (Å²) in [7, 11) is 1.41. The van der Waals surface area contributed by atoms with E-state index < -0.39 is 18.0 Å². The molecule has 0 aromatic carbocycles. The Kier molecular flexibility index (Phi) is 6.66. The first kappa shape index (κ1) is 23.5. The Morgan fingerprint density at radius 3 is 2.53 bits per heavy atom. The summed E-state index contributed by atoms with van der Waals surface area (Å²) in [5.41, 5.74) is 4.20. The fraction of sp³-hybridized carbons (Fsp3) is 0.182. The van der Waals surface area contributed by atoms with Gasteiger partial charge in [0.05, 0.1) is 11.6 Å². The predicted octanol–water partition coefficient (Wildman–Crippen LogP) is 4.89. The van der Waals surface area contributed by atoms with Gasteiger partial charge in [-0.05, 0) is 34.9 Å². The second-order valence-electron chi connectivity index (χ2n) is 7.27. The molecule has 4 aromatic heterocycles. The Bertz CT molecular complexity index is 1290. The highest BCUT2D eigenvalue weighted by Crippen LogP contribution is 2.28. The summed E-state index contributed by atoms with van der Waals surface area (Å²) in [5.74, 6) is 0.257. The van der Waals surface area contributed by atoms with Crippen LogP contribution in [-0.2, 0) is 24.0 Å². The van der Waals surface area contributed by atoms with E-state index in [9.17, 15) is 18.0 Å². The third kappa shape index (κ3) is 5.26. The lowest BCUT2D eigenvalue weighted by atomic mass is 10.1. The number of hydrogen-bond donors (Lipinski definition) is 2. The number of hydroxylamine groups is 1. The molecule has 8 nitrogen and oxygen atoms in total. The molecule has 0 saturated heterocycles. The van der Waals surface area contributed by atoms with E-state index in [1.165, 1.54) is 18.0 Å². The number of alkyl halides is 3. The molecule has 12 heteroatoms. The van der Waals surface area contributed by atoms with Crippen molar-refractivity contribution in [3.63, 3.8) is 0 Å². The van der Waals surface area contributed by atoms with Crippen LogP contribution in [0.1, 0.15) is 22.4 Å². The third-order valence-electron chi connectivity index (χ3n) is 4.93. The number of rotatable bonds is 6. The Hall–Kier alpha value is -3.70. The van der Waals surface area contributed by atoms with E-state index in [0.717, 1.165) is 34.4 Å². The first-order valence-electron chi connectivity index (χ1n) is 9.98. The minimum atomic E-state index is -4.55. The molecule has 0 aliphatic rings. The molecular formula is C22H18ClF3N6O2. The van der Waals surface area contributed by atoms with Crippen LogP contribution in [0.5, 0.6) is 0 Å². The van der Waals surface area contributed by atoms with Crippen LogP contribution in [0.2, 0.25) is 5.02 Å². The van der Waals surface area contributed by atoms with Crippen molar-refractivity contribution in [3.05, 3.63) is 82.5 Å². The fourth-order valence-corrected chi connectivity index (χ4v) is 3.49. The molecule has 1 amide bonds. The standard InChI is InChI=1S/C22H18ClF3N6O2/c1-27-34-21(33)32(12-14-2-4-18(28-9-14)22(24,25)26)19-5-3-13(8-29-19)6-15-10-30-20-17(15)7-16(23)11-31-20/h2-5,7-11,27H,6,12H2,1H3,(H,30,31). The summed E-state index contributed by atoms with van der Waals surface area (Å²) in [6.07, 6.45) is 1.29. The van der Waals surface area contributed by atoms with Crippen molar-refractivity contribution in [2.75, 3.05) is 11.9 Å². The van der Waals surface area contributed by atoms with Crippen molar-refractivity contribution in [2.45, 2.75) is 19.1 Å². The third-order valence-corrected chi connectivity index (χ3v) is 5.14. The van der Waals surface area contributed by atoms with Crippen LogP contribution >= 0.6 is 11.6 Å². The van der Waals surface area contributed by atoms with Crippen LogP contribution < -0.4 is 10.4 Å². The highest BCUT2D eigenvalue weighted by Gasteiger charge is 2.32. The maximum atomic E-state index is 12.8. The molecule has 4 heterocycles. The van der Waals surface area contributed by atoms with Crippen molar-refractivity contribution < 1.29 is 22.8 Å². The van der Waals surface area contributed by atoms with Crippen molar-refractivity contribution in [1.29, 1.82) is 0 Å². The molecule has 0 radical (unpaired) electrons. The summed E-state index contributed by atoms with van der Waals surface area (Å²) >= 11 is 6.06. The Morgan fingerprint density at radius 1 is 1.12 bits per heavy atom. The highest BCUT2D eigenvalue weighted by atomic mass is 35.5. The number of H-pyrrole nitrogens is 1. The van der Waals surface area contributed by atoms with Crippen LogP contribution in [0, 0.1) is 0 Å². The average Bonchev–Trinajstić information content (AvgIpc) is 3.19. The molecule has 0 aliphatic carbocycles. The van der Waals surface area contributed by atoms with Gasteiger partial charge in [-0.3, -0.25) is 9.88 Å². The van der Waals surface area contributed by atoms with E-state index in [1.807, 2.05) is 12.3 Å². The zero-order valence-corrected chi connectivity index (χ0v) is 18.5. The molecule has 4 rings (SSSR count). The molecule has 176 valence electrons. The minimum absolute atomic E-state index is 0.0926. The number of fused-ring (bicyclic) bond motifs is 1. The van der Waals surface area contributed by atoms with E-state index in [4.69, 9.17) is 16.4 Å². The fourth-order valence-electron chi connectivity index (χ4n) is 3.33. The number of aromatic nitrogens is 4. The molecule has 34 heavy (non-hydrogen) atoms. The van der Waals surface area contributed by atoms with Crippen LogP contribution in [-0.4, -0.2) is 33.1 Å². The molecular weight excluding hydrogens is 473 g/mol. The number of carbonyl (C=O) groups excluding carboxylic acids is 1. The lowest BCUT2D eigenvalue weighted by Crippen LogP contribution is -2.34. The first-order valence-corrected chi connectivity index (χ1v) is 10.4. The lowest BCUT2D eigenvalue weighted by molar-refractivity contribution is -0.141. The van der Waals surface area contributed by atoms with E-state index in [-0.39, 0.29) is 12.4 Å². The van der Waals surface area contributed by atoms with Crippen molar-refractivity contribution in [1.82, 2.24) is 25.4 Å². The molecule has 0 saturated carbocycles. The molecule has 4 aromatic rings. The van der Waals surface area contributed by atoms with Gasteiger partial charge in [-0.2, -0.15) is 18.7 Å². The second-order valence-corrected chi connectivity index (χ2v) is 7.71. The predicted molar refractivity (Wildman–Crippen MR) is 119 cm³/mol. The van der Waals surface area contributed by atoms with E-state index in [0.29, 0.717) is 17.0 Å². The van der Waals surface area contributed by atoms with Crippen LogP contribution in [0.3, 0.4) is 0 Å². The summed E-state index contributed by atoms with van der Waals surface area (Å²) in [4.78, 5) is 33.6. The van der Waals surface area contributed by atoms with Gasteiger partial charge in [0.25, 0.3) is 0 Å². The summed E-state index contributed by atoms with van der Waals surface area (Å²) < 4.78 is 38.3. The van der Waals surface area contributed by atoms with Gasteiger partial charge < -0.3 is 9.82 Å². The van der Waals surface area contributed by atoms with Gasteiger partial charge in [-0.1, -0.05) is 23.7 Å². The zero-order valence-electron chi connectivity index (χ0n) is 17.7. The van der Waals surface area contributed by atoms with E-state index in [1.54, 1.807) is 24.5 Å². The molecule has 0 spiro atoms. The highest BCUT2D eigenvalue weighted by molar-refractivity contribution is 6.31. The Balaban J connectivity index is 1.55. The Morgan fingerprint density at radius 2 is 1.88 bits per heavy atom. The summed E-state index contributed by atoms with van der Waals surface area (Å²) in [5, 5.41) is 1.42. The number of nitrogens with zero attached hydrogens (tertiary/aromatic N) is 4. The van der Waals surface area contributed by atoms with Crippen molar-refractivity contribution >= 4 is 34.5 Å². The van der Waals surface area contributed by atoms with Crippen LogP contribution in [0.4, 0.5) is 23.8 Å². The smallest absolute Gasteiger partial charge is 0.354 e. The number of amides is 1. The van der Waals surface area contributed by atoms with Gasteiger partial charge >= 0.3 is 12.3 Å². The lowest BCUT2D eigenvalue weighted by Gasteiger charge is -2.21. The van der Waals surface area contributed by atoms with E-state index >= 15 is 0 Å². The summed E-state index contributed by atoms with van der Waals surface area (Å²) in [6.45, 7) is -0.0926. The normalized spacial score (nSPS) is 11.6. The quantitative estimate of drug-likeness (QED) is 0.373. The van der Waals surface area contributed by atoms with Gasteiger partial charge in [0.15, 0.2) is 0 Å². The van der Waals surface area contributed by atoms with Crippen molar-refractivity contribution in [2.24, 2.45) is 0 Å². The second kappa shape index (κ2) is 9.65.